The van der Waals surface area contributed by atoms with Gasteiger partial charge in [-0.25, -0.2) is 0 Å². The lowest BCUT2D eigenvalue weighted by Gasteiger charge is -2.01. The fourth-order valence-electron chi connectivity index (χ4n) is 1.86. The molecule has 2 rings (SSSR count). The molecule has 2 aromatic rings. The van der Waals surface area contributed by atoms with Crippen LogP contribution in [0, 0.1) is 0 Å². The molecule has 0 saturated heterocycles. The molecule has 96 valence electrons. The minimum atomic E-state index is -0.539. The highest BCUT2D eigenvalue weighted by Gasteiger charge is 2.05. The van der Waals surface area contributed by atoms with Crippen LogP contribution in [-0.2, 0) is 13.0 Å². The van der Waals surface area contributed by atoms with Crippen molar-refractivity contribution in [3.8, 4) is 0 Å². The zero-order valence-electron chi connectivity index (χ0n) is 10.7. The highest BCUT2D eigenvalue weighted by Crippen LogP contribution is 2.08. The SMILES string of the molecule is CC(O)c1cn(CCCCc2ccccc2)nn1. The Labute approximate surface area is 107 Å². The molecule has 1 aromatic heterocycles. The molecule has 0 aliphatic carbocycles. The molecule has 0 radical (unpaired) electrons. The van der Waals surface area contributed by atoms with Gasteiger partial charge in [-0.15, -0.1) is 5.10 Å². The lowest BCUT2D eigenvalue weighted by molar-refractivity contribution is 0.194. The van der Waals surface area contributed by atoms with E-state index in [9.17, 15) is 5.11 Å². The number of aryl methyl sites for hydroxylation is 2. The maximum Gasteiger partial charge on any atom is 0.111 e. The monoisotopic (exact) mass is 245 g/mol. The minimum absolute atomic E-state index is 0.539. The summed E-state index contributed by atoms with van der Waals surface area (Å²) >= 11 is 0. The summed E-state index contributed by atoms with van der Waals surface area (Å²) in [6.45, 7) is 2.55. The summed E-state index contributed by atoms with van der Waals surface area (Å²) in [6, 6.07) is 10.5. The normalized spacial score (nSPS) is 12.6. The van der Waals surface area contributed by atoms with Crippen molar-refractivity contribution in [1.82, 2.24) is 15.0 Å². The van der Waals surface area contributed by atoms with E-state index in [1.165, 1.54) is 5.56 Å². The number of aliphatic hydroxyl groups is 1. The summed E-state index contributed by atoms with van der Waals surface area (Å²) in [5.41, 5.74) is 2.01. The molecule has 0 bridgehead atoms. The Balaban J connectivity index is 1.72. The van der Waals surface area contributed by atoms with Crippen molar-refractivity contribution in [3.63, 3.8) is 0 Å². The first-order valence-corrected chi connectivity index (χ1v) is 6.38. The smallest absolute Gasteiger partial charge is 0.111 e. The average Bonchev–Trinajstić information content (AvgIpc) is 2.85. The van der Waals surface area contributed by atoms with Gasteiger partial charge in [-0.3, -0.25) is 4.68 Å². The van der Waals surface area contributed by atoms with Crippen LogP contribution in [0.4, 0.5) is 0 Å². The molecule has 0 fully saturated rings. The van der Waals surface area contributed by atoms with E-state index in [-0.39, 0.29) is 0 Å². The fourth-order valence-corrected chi connectivity index (χ4v) is 1.86. The molecule has 0 saturated carbocycles. The molecule has 0 amide bonds. The van der Waals surface area contributed by atoms with Crippen LogP contribution in [0.15, 0.2) is 36.5 Å². The van der Waals surface area contributed by atoms with E-state index in [0.29, 0.717) is 5.69 Å². The first-order valence-electron chi connectivity index (χ1n) is 6.38. The standard InChI is InChI=1S/C14H19N3O/c1-12(18)14-11-17(16-15-14)10-6-5-9-13-7-3-2-4-8-13/h2-4,7-8,11-12,18H,5-6,9-10H2,1H3. The van der Waals surface area contributed by atoms with Crippen LogP contribution in [0.25, 0.3) is 0 Å². The molecule has 4 heteroatoms. The Hall–Kier alpha value is -1.68. The van der Waals surface area contributed by atoms with Crippen molar-refractivity contribution >= 4 is 0 Å². The molecule has 1 aromatic carbocycles. The Kier molecular flexibility index (Phi) is 4.47. The average molecular weight is 245 g/mol. The number of nitrogens with zero attached hydrogens (tertiary/aromatic N) is 3. The van der Waals surface area contributed by atoms with Crippen LogP contribution in [0.2, 0.25) is 0 Å². The first kappa shape index (κ1) is 12.8. The van der Waals surface area contributed by atoms with Gasteiger partial charge in [0.25, 0.3) is 0 Å². The largest absolute Gasteiger partial charge is 0.387 e. The van der Waals surface area contributed by atoms with Crippen molar-refractivity contribution in [1.29, 1.82) is 0 Å². The van der Waals surface area contributed by atoms with Gasteiger partial charge in [0.2, 0.25) is 0 Å². The number of hydrogen-bond acceptors (Lipinski definition) is 3. The maximum absolute atomic E-state index is 9.34. The van der Waals surface area contributed by atoms with Crippen molar-refractivity contribution in [3.05, 3.63) is 47.8 Å². The summed E-state index contributed by atoms with van der Waals surface area (Å²) in [4.78, 5) is 0. The van der Waals surface area contributed by atoms with E-state index in [1.54, 1.807) is 11.6 Å². The number of rotatable bonds is 6. The third kappa shape index (κ3) is 3.67. The van der Waals surface area contributed by atoms with Gasteiger partial charge >= 0.3 is 0 Å². The van der Waals surface area contributed by atoms with Gasteiger partial charge in [0, 0.05) is 6.54 Å². The predicted octanol–water partition coefficient (Wildman–Crippen LogP) is 2.35. The number of aliphatic hydroxyl groups excluding tert-OH is 1. The molecule has 18 heavy (non-hydrogen) atoms. The van der Waals surface area contributed by atoms with E-state index in [4.69, 9.17) is 0 Å². The third-order valence-corrected chi connectivity index (χ3v) is 2.93. The van der Waals surface area contributed by atoms with Crippen LogP contribution < -0.4 is 0 Å². The molecule has 1 N–H and O–H groups in total. The molecule has 0 aliphatic heterocycles. The second kappa shape index (κ2) is 6.31. The highest BCUT2D eigenvalue weighted by atomic mass is 16.3. The number of aromatic nitrogens is 3. The molecule has 0 spiro atoms. The van der Waals surface area contributed by atoms with Gasteiger partial charge < -0.3 is 5.11 Å². The maximum atomic E-state index is 9.34. The number of unbranched alkanes of at least 4 members (excludes halogenated alkanes) is 1. The Morgan fingerprint density at radius 3 is 2.67 bits per heavy atom. The van der Waals surface area contributed by atoms with Crippen molar-refractivity contribution in [2.24, 2.45) is 0 Å². The van der Waals surface area contributed by atoms with Gasteiger partial charge in [0.05, 0.1) is 12.3 Å². The number of hydrogen-bond donors (Lipinski definition) is 1. The third-order valence-electron chi connectivity index (χ3n) is 2.93. The van der Waals surface area contributed by atoms with E-state index in [1.807, 2.05) is 12.3 Å². The second-order valence-corrected chi connectivity index (χ2v) is 4.53. The van der Waals surface area contributed by atoms with E-state index < -0.39 is 6.10 Å². The molecular formula is C14H19N3O. The highest BCUT2D eigenvalue weighted by molar-refractivity contribution is 5.14. The molecule has 1 unspecified atom stereocenters. The van der Waals surface area contributed by atoms with Crippen LogP contribution in [0.3, 0.4) is 0 Å². The van der Waals surface area contributed by atoms with E-state index >= 15 is 0 Å². The fraction of sp³-hybridized carbons (Fsp3) is 0.429. The lowest BCUT2D eigenvalue weighted by Crippen LogP contribution is -1.99. The molecule has 0 aliphatic rings. The lowest BCUT2D eigenvalue weighted by atomic mass is 10.1. The Bertz CT molecular complexity index is 465. The molecule has 4 nitrogen and oxygen atoms in total. The first-order chi connectivity index (χ1) is 8.75. The summed E-state index contributed by atoms with van der Waals surface area (Å²) in [5, 5.41) is 17.2. The van der Waals surface area contributed by atoms with Crippen LogP contribution in [0.1, 0.15) is 37.1 Å². The minimum Gasteiger partial charge on any atom is -0.387 e. The topological polar surface area (TPSA) is 50.9 Å². The van der Waals surface area contributed by atoms with Crippen LogP contribution in [0.5, 0.6) is 0 Å². The molecule has 1 heterocycles. The summed E-state index contributed by atoms with van der Waals surface area (Å²) in [5.74, 6) is 0. The van der Waals surface area contributed by atoms with E-state index in [2.05, 4.69) is 34.6 Å². The van der Waals surface area contributed by atoms with Crippen molar-refractivity contribution in [2.75, 3.05) is 0 Å². The van der Waals surface area contributed by atoms with Crippen LogP contribution >= 0.6 is 0 Å². The van der Waals surface area contributed by atoms with Gasteiger partial charge in [-0.05, 0) is 31.7 Å². The summed E-state index contributed by atoms with van der Waals surface area (Å²) in [7, 11) is 0. The Morgan fingerprint density at radius 1 is 1.22 bits per heavy atom. The van der Waals surface area contributed by atoms with Gasteiger partial charge in [-0.2, -0.15) is 0 Å². The molecular weight excluding hydrogens is 226 g/mol. The van der Waals surface area contributed by atoms with Crippen LogP contribution in [-0.4, -0.2) is 20.1 Å². The summed E-state index contributed by atoms with van der Waals surface area (Å²) in [6.07, 6.45) is 4.57. The zero-order valence-corrected chi connectivity index (χ0v) is 10.7. The second-order valence-electron chi connectivity index (χ2n) is 4.53. The van der Waals surface area contributed by atoms with Gasteiger partial charge in [0.1, 0.15) is 5.69 Å². The summed E-state index contributed by atoms with van der Waals surface area (Å²) < 4.78 is 1.80. The Morgan fingerprint density at radius 2 is 2.00 bits per heavy atom. The molecule has 1 atom stereocenters. The van der Waals surface area contributed by atoms with Crippen molar-refractivity contribution in [2.45, 2.75) is 38.8 Å². The number of benzene rings is 1. The quantitative estimate of drug-likeness (QED) is 0.795. The van der Waals surface area contributed by atoms with Gasteiger partial charge in [-0.1, -0.05) is 35.5 Å². The predicted molar refractivity (Wildman–Crippen MR) is 70.0 cm³/mol. The van der Waals surface area contributed by atoms with Crippen molar-refractivity contribution < 1.29 is 5.11 Å². The van der Waals surface area contributed by atoms with Gasteiger partial charge in [0.15, 0.2) is 0 Å². The zero-order chi connectivity index (χ0) is 12.8. The van der Waals surface area contributed by atoms with E-state index in [0.717, 1.165) is 25.8 Å².